The van der Waals surface area contributed by atoms with Crippen LogP contribution >= 0.6 is 11.8 Å². The van der Waals surface area contributed by atoms with Crippen molar-refractivity contribution < 1.29 is 0 Å². The Kier molecular flexibility index (Phi) is 4.31. The summed E-state index contributed by atoms with van der Waals surface area (Å²) in [6, 6.07) is 19.8. The lowest BCUT2D eigenvalue weighted by Gasteiger charge is -2.34. The molecule has 0 unspecified atom stereocenters. The number of para-hydroxylation sites is 1. The summed E-state index contributed by atoms with van der Waals surface area (Å²) in [5, 5.41) is 0. The fraction of sp³-hybridized carbons (Fsp3) is 0.333. The average Bonchev–Trinajstić information content (AvgIpc) is 2.56. The van der Waals surface area contributed by atoms with Crippen molar-refractivity contribution in [3.8, 4) is 0 Å². The van der Waals surface area contributed by atoms with E-state index in [2.05, 4.69) is 65.8 Å². The number of benzene rings is 2. The fourth-order valence-electron chi connectivity index (χ4n) is 3.01. The van der Waals surface area contributed by atoms with Crippen LogP contribution in [-0.2, 0) is 0 Å². The van der Waals surface area contributed by atoms with Gasteiger partial charge >= 0.3 is 0 Å². The van der Waals surface area contributed by atoms with E-state index < -0.39 is 0 Å². The summed E-state index contributed by atoms with van der Waals surface area (Å²) in [6.07, 6.45) is 4.66. The Balaban J connectivity index is 1.66. The molecule has 0 bridgehead atoms. The first-order valence-electron chi connectivity index (χ1n) is 7.31. The van der Waals surface area contributed by atoms with Crippen molar-refractivity contribution in [3.63, 3.8) is 0 Å². The molecule has 3 rings (SSSR count). The molecule has 1 saturated heterocycles. The van der Waals surface area contributed by atoms with Crippen molar-refractivity contribution in [2.45, 2.75) is 23.7 Å². The monoisotopic (exact) mass is 283 g/mol. The van der Waals surface area contributed by atoms with Crippen molar-refractivity contribution in [3.05, 3.63) is 60.2 Å². The first kappa shape index (κ1) is 13.6. The molecular weight excluding hydrogens is 262 g/mol. The third-order valence-electron chi connectivity index (χ3n) is 4.18. The molecule has 0 radical (unpaired) electrons. The molecule has 2 aromatic rings. The van der Waals surface area contributed by atoms with Gasteiger partial charge in [0.1, 0.15) is 0 Å². The van der Waals surface area contributed by atoms with Gasteiger partial charge in [-0.15, -0.1) is 11.8 Å². The molecule has 0 N–H and O–H groups in total. The van der Waals surface area contributed by atoms with Crippen molar-refractivity contribution in [1.29, 1.82) is 0 Å². The van der Waals surface area contributed by atoms with Crippen molar-refractivity contribution in [2.24, 2.45) is 0 Å². The van der Waals surface area contributed by atoms with Gasteiger partial charge in [-0.05, 0) is 54.8 Å². The molecule has 0 aromatic heterocycles. The highest BCUT2D eigenvalue weighted by atomic mass is 32.2. The maximum Gasteiger partial charge on any atom is 0.0366 e. The smallest absolute Gasteiger partial charge is 0.0366 e. The molecule has 20 heavy (non-hydrogen) atoms. The van der Waals surface area contributed by atoms with Crippen LogP contribution in [-0.4, -0.2) is 19.3 Å². The van der Waals surface area contributed by atoms with Crippen LogP contribution in [0.1, 0.15) is 24.3 Å². The van der Waals surface area contributed by atoms with E-state index in [1.807, 2.05) is 11.8 Å². The van der Waals surface area contributed by atoms with Crippen molar-refractivity contribution in [2.75, 3.05) is 24.2 Å². The van der Waals surface area contributed by atoms with Crippen LogP contribution in [0, 0.1) is 0 Å². The van der Waals surface area contributed by atoms with Gasteiger partial charge in [0.2, 0.25) is 0 Å². The van der Waals surface area contributed by atoms with Crippen molar-refractivity contribution >= 4 is 17.4 Å². The van der Waals surface area contributed by atoms with E-state index in [-0.39, 0.29) is 0 Å². The third kappa shape index (κ3) is 3.01. The summed E-state index contributed by atoms with van der Waals surface area (Å²) >= 11 is 1.83. The predicted molar refractivity (Wildman–Crippen MR) is 88.9 cm³/mol. The zero-order valence-corrected chi connectivity index (χ0v) is 12.8. The molecule has 104 valence electrons. The minimum Gasteiger partial charge on any atom is -0.371 e. The van der Waals surface area contributed by atoms with E-state index in [9.17, 15) is 0 Å². The Hall–Kier alpha value is -1.41. The Morgan fingerprint density at radius 3 is 2.40 bits per heavy atom. The summed E-state index contributed by atoms with van der Waals surface area (Å²) in [6.45, 7) is 2.33. The molecule has 0 spiro atoms. The zero-order valence-electron chi connectivity index (χ0n) is 12.0. The SMILES string of the molecule is CSc1cccc(C2CCN(c3ccccc3)CC2)c1. The molecule has 0 saturated carbocycles. The Morgan fingerprint density at radius 1 is 0.950 bits per heavy atom. The lowest BCUT2D eigenvalue weighted by Crippen LogP contribution is -2.32. The summed E-state index contributed by atoms with van der Waals surface area (Å²) in [5.41, 5.74) is 2.88. The van der Waals surface area contributed by atoms with E-state index in [0.29, 0.717) is 0 Å². The highest BCUT2D eigenvalue weighted by molar-refractivity contribution is 7.98. The molecule has 2 heteroatoms. The predicted octanol–water partition coefficient (Wildman–Crippen LogP) is 4.79. The number of piperidine rings is 1. The average molecular weight is 283 g/mol. The normalized spacial score (nSPS) is 16.4. The van der Waals surface area contributed by atoms with Crippen LogP contribution in [0.3, 0.4) is 0 Å². The van der Waals surface area contributed by atoms with E-state index in [4.69, 9.17) is 0 Å². The Morgan fingerprint density at radius 2 is 1.70 bits per heavy atom. The van der Waals surface area contributed by atoms with Gasteiger partial charge < -0.3 is 4.90 Å². The van der Waals surface area contributed by atoms with Gasteiger partial charge in [-0.25, -0.2) is 0 Å². The second-order valence-corrected chi connectivity index (χ2v) is 6.25. The first-order valence-corrected chi connectivity index (χ1v) is 8.53. The van der Waals surface area contributed by atoms with Gasteiger partial charge in [-0.1, -0.05) is 30.3 Å². The number of nitrogens with zero attached hydrogens (tertiary/aromatic N) is 1. The zero-order chi connectivity index (χ0) is 13.8. The van der Waals surface area contributed by atoms with Crippen molar-refractivity contribution in [1.82, 2.24) is 0 Å². The molecule has 0 atom stereocenters. The number of hydrogen-bond acceptors (Lipinski definition) is 2. The number of rotatable bonds is 3. The van der Waals surface area contributed by atoms with Gasteiger partial charge in [-0.2, -0.15) is 0 Å². The van der Waals surface area contributed by atoms with Crippen LogP contribution in [0.5, 0.6) is 0 Å². The molecule has 1 fully saturated rings. The maximum absolute atomic E-state index is 2.51. The van der Waals surface area contributed by atoms with E-state index in [1.165, 1.54) is 29.0 Å². The summed E-state index contributed by atoms with van der Waals surface area (Å²) in [4.78, 5) is 3.89. The second-order valence-electron chi connectivity index (χ2n) is 5.37. The van der Waals surface area contributed by atoms with Gasteiger partial charge in [-0.3, -0.25) is 0 Å². The minimum atomic E-state index is 0.724. The lowest BCUT2D eigenvalue weighted by atomic mass is 9.89. The molecule has 0 amide bonds. The van der Waals surface area contributed by atoms with E-state index in [0.717, 1.165) is 19.0 Å². The van der Waals surface area contributed by atoms with Gasteiger partial charge in [0.05, 0.1) is 0 Å². The summed E-state index contributed by atoms with van der Waals surface area (Å²) in [7, 11) is 0. The van der Waals surface area contributed by atoms with Crippen LogP contribution in [0.25, 0.3) is 0 Å². The largest absolute Gasteiger partial charge is 0.371 e. The number of anilines is 1. The standard InChI is InChI=1S/C18H21NS/c1-20-18-9-5-6-16(14-18)15-10-12-19(13-11-15)17-7-3-2-4-8-17/h2-9,14-15H,10-13H2,1H3. The quantitative estimate of drug-likeness (QED) is 0.745. The maximum atomic E-state index is 2.51. The second kappa shape index (κ2) is 6.36. The topological polar surface area (TPSA) is 3.24 Å². The number of thioether (sulfide) groups is 1. The first-order chi connectivity index (χ1) is 9.86. The highest BCUT2D eigenvalue weighted by Crippen LogP contribution is 2.31. The van der Waals surface area contributed by atoms with E-state index >= 15 is 0 Å². The molecular formula is C18H21NS. The molecule has 1 aliphatic rings. The lowest BCUT2D eigenvalue weighted by molar-refractivity contribution is 0.505. The third-order valence-corrected chi connectivity index (χ3v) is 4.91. The Labute approximate surface area is 126 Å². The van der Waals surface area contributed by atoms with Crippen LogP contribution in [0.15, 0.2) is 59.5 Å². The highest BCUT2D eigenvalue weighted by Gasteiger charge is 2.20. The molecule has 1 aliphatic heterocycles. The molecule has 1 nitrogen and oxygen atoms in total. The Bertz CT molecular complexity index is 544. The van der Waals surface area contributed by atoms with Crippen LogP contribution in [0.4, 0.5) is 5.69 Å². The summed E-state index contributed by atoms with van der Waals surface area (Å²) < 4.78 is 0. The van der Waals surface area contributed by atoms with E-state index in [1.54, 1.807) is 0 Å². The number of hydrogen-bond donors (Lipinski definition) is 0. The van der Waals surface area contributed by atoms with Crippen LogP contribution < -0.4 is 4.90 Å². The van der Waals surface area contributed by atoms with Gasteiger partial charge in [0, 0.05) is 23.7 Å². The molecule has 1 heterocycles. The summed E-state index contributed by atoms with van der Waals surface area (Å²) in [5.74, 6) is 0.724. The van der Waals surface area contributed by atoms with Crippen LogP contribution in [0.2, 0.25) is 0 Å². The van der Waals surface area contributed by atoms with Gasteiger partial charge in [0.25, 0.3) is 0 Å². The molecule has 2 aromatic carbocycles. The van der Waals surface area contributed by atoms with Gasteiger partial charge in [0.15, 0.2) is 0 Å². The fourth-order valence-corrected chi connectivity index (χ4v) is 3.47. The minimum absolute atomic E-state index is 0.724. The molecule has 0 aliphatic carbocycles.